The van der Waals surface area contributed by atoms with E-state index >= 15 is 0 Å². The minimum Gasteiger partial charge on any atom is -0.346 e. The van der Waals surface area contributed by atoms with Crippen LogP contribution in [0.25, 0.3) is 16.9 Å². The molecule has 1 spiro atoms. The number of anilines is 2. The van der Waals surface area contributed by atoms with E-state index in [9.17, 15) is 9.59 Å². The van der Waals surface area contributed by atoms with E-state index in [2.05, 4.69) is 42.5 Å². The van der Waals surface area contributed by atoms with E-state index in [4.69, 9.17) is 9.97 Å². The van der Waals surface area contributed by atoms with Gasteiger partial charge in [-0.25, -0.2) is 19.3 Å². The Morgan fingerprint density at radius 1 is 1.11 bits per heavy atom. The first-order valence-corrected chi connectivity index (χ1v) is 12.4. The molecule has 1 fully saturated rings. The van der Waals surface area contributed by atoms with Crippen molar-refractivity contribution in [3.63, 3.8) is 0 Å². The van der Waals surface area contributed by atoms with E-state index in [-0.39, 0.29) is 22.4 Å². The van der Waals surface area contributed by atoms with Gasteiger partial charge in [-0.1, -0.05) is 32.9 Å². The maximum absolute atomic E-state index is 13.1. The van der Waals surface area contributed by atoms with Crippen molar-refractivity contribution < 1.29 is 4.79 Å². The zero-order chi connectivity index (χ0) is 25.2. The second-order valence-corrected chi connectivity index (χ2v) is 10.7. The third kappa shape index (κ3) is 3.57. The maximum Gasteiger partial charge on any atom is 0.278 e. The van der Waals surface area contributed by atoms with Gasteiger partial charge in [0, 0.05) is 29.5 Å². The van der Waals surface area contributed by atoms with E-state index in [0.29, 0.717) is 35.8 Å². The monoisotopic (exact) mass is 483 g/mol. The molecule has 1 aliphatic heterocycles. The second-order valence-electron chi connectivity index (χ2n) is 10.7. The molecule has 2 aliphatic rings. The summed E-state index contributed by atoms with van der Waals surface area (Å²) in [5, 5.41) is 6.84. The highest BCUT2D eigenvalue weighted by Gasteiger charge is 2.49. The van der Waals surface area contributed by atoms with Gasteiger partial charge in [0.25, 0.3) is 5.56 Å². The summed E-state index contributed by atoms with van der Waals surface area (Å²) in [6.45, 7) is 8.71. The first-order chi connectivity index (χ1) is 17.2. The molecule has 36 heavy (non-hydrogen) atoms. The number of pyridine rings is 1. The number of benzene rings is 1. The summed E-state index contributed by atoms with van der Waals surface area (Å²) in [6.07, 6.45) is 3.89. The summed E-state index contributed by atoms with van der Waals surface area (Å²) in [6, 6.07) is 11.9. The van der Waals surface area contributed by atoms with Crippen molar-refractivity contribution in [2.45, 2.75) is 64.5 Å². The molecular weight excluding hydrogens is 454 g/mol. The van der Waals surface area contributed by atoms with Crippen LogP contribution < -0.4 is 16.2 Å². The Morgan fingerprint density at radius 3 is 2.64 bits per heavy atom. The molecule has 184 valence electrons. The highest BCUT2D eigenvalue weighted by atomic mass is 16.2. The second kappa shape index (κ2) is 7.74. The lowest BCUT2D eigenvalue weighted by atomic mass is 9.91. The number of hydrogen-bond donors (Lipinski definition) is 2. The topological polar surface area (TPSA) is 107 Å². The van der Waals surface area contributed by atoms with E-state index in [1.807, 2.05) is 37.3 Å². The van der Waals surface area contributed by atoms with Crippen LogP contribution >= 0.6 is 0 Å². The first kappa shape index (κ1) is 22.5. The molecule has 0 atom stereocenters. The Balaban J connectivity index is 1.42. The highest BCUT2D eigenvalue weighted by molar-refractivity contribution is 5.84. The molecule has 0 unspecified atom stereocenters. The molecule has 4 aromatic rings. The van der Waals surface area contributed by atoms with E-state index in [0.717, 1.165) is 29.8 Å². The standard InChI is InChI=1S/C27H29N7O2/c1-5-33-24(36)18-15-28-25(31-23(18)34(33)21-8-6-7-20(30-21)26(2,3)4)29-17-9-10-19-16(13-17)14-22(35)32-27(19)11-12-27/h6-10,13,15H,5,11-12,14H2,1-4H3,(H,32,35)(H,28,29,31). The van der Waals surface area contributed by atoms with E-state index in [1.165, 1.54) is 5.56 Å². The smallest absolute Gasteiger partial charge is 0.278 e. The van der Waals surface area contributed by atoms with Gasteiger partial charge in [0.2, 0.25) is 11.9 Å². The summed E-state index contributed by atoms with van der Waals surface area (Å²) >= 11 is 0. The zero-order valence-corrected chi connectivity index (χ0v) is 20.9. The van der Waals surface area contributed by atoms with E-state index < -0.39 is 0 Å². The number of nitrogens with one attached hydrogen (secondary N) is 2. The fourth-order valence-electron chi connectivity index (χ4n) is 5.05. The lowest BCUT2D eigenvalue weighted by Gasteiger charge is -2.27. The van der Waals surface area contributed by atoms with Gasteiger partial charge in [-0.05, 0) is 55.2 Å². The molecule has 3 aromatic heterocycles. The van der Waals surface area contributed by atoms with Crippen LogP contribution in [0.15, 0.2) is 47.4 Å². The fourth-order valence-corrected chi connectivity index (χ4v) is 5.05. The van der Waals surface area contributed by atoms with Crippen LogP contribution in [-0.4, -0.2) is 30.2 Å². The van der Waals surface area contributed by atoms with Gasteiger partial charge in [-0.15, -0.1) is 0 Å². The SMILES string of the molecule is CCn1c(=O)c2cnc(Nc3ccc4c(c3)CC(=O)NC43CC3)nc2n1-c1cccc(C(C)(C)C)n1. The number of carbonyl (C=O) groups is 1. The summed E-state index contributed by atoms with van der Waals surface area (Å²) in [7, 11) is 0. The lowest BCUT2D eigenvalue weighted by molar-refractivity contribution is -0.122. The Bertz CT molecular complexity index is 1590. The van der Waals surface area contributed by atoms with Crippen molar-refractivity contribution >= 4 is 28.6 Å². The molecule has 9 heteroatoms. The van der Waals surface area contributed by atoms with Crippen molar-refractivity contribution in [3.05, 3.63) is 69.8 Å². The van der Waals surface area contributed by atoms with Crippen molar-refractivity contribution in [1.29, 1.82) is 0 Å². The number of hydrogen-bond acceptors (Lipinski definition) is 6. The number of aromatic nitrogens is 5. The van der Waals surface area contributed by atoms with Crippen LogP contribution in [0.4, 0.5) is 11.6 Å². The quantitative estimate of drug-likeness (QED) is 0.458. The average molecular weight is 484 g/mol. The van der Waals surface area contributed by atoms with Crippen LogP contribution in [0.5, 0.6) is 0 Å². The molecule has 1 aliphatic carbocycles. The summed E-state index contributed by atoms with van der Waals surface area (Å²) in [4.78, 5) is 39.4. The third-order valence-electron chi connectivity index (χ3n) is 7.05. The van der Waals surface area contributed by atoms with Crippen LogP contribution in [0, 0.1) is 0 Å². The van der Waals surface area contributed by atoms with Gasteiger partial charge in [0.15, 0.2) is 11.5 Å². The predicted molar refractivity (Wildman–Crippen MR) is 138 cm³/mol. The van der Waals surface area contributed by atoms with Gasteiger partial charge in [-0.2, -0.15) is 4.98 Å². The molecule has 0 radical (unpaired) electrons. The number of fused-ring (bicyclic) bond motifs is 3. The van der Waals surface area contributed by atoms with Crippen molar-refractivity contribution in [2.75, 3.05) is 5.32 Å². The summed E-state index contributed by atoms with van der Waals surface area (Å²) < 4.78 is 3.40. The molecule has 6 rings (SSSR count). The first-order valence-electron chi connectivity index (χ1n) is 12.4. The fraction of sp³-hybridized carbons (Fsp3) is 0.370. The molecule has 4 heterocycles. The minimum absolute atomic E-state index is 0.0599. The molecular formula is C27H29N7O2. The molecule has 1 amide bonds. The summed E-state index contributed by atoms with van der Waals surface area (Å²) in [5.74, 6) is 1.07. The van der Waals surface area contributed by atoms with Gasteiger partial charge >= 0.3 is 0 Å². The molecule has 0 bridgehead atoms. The lowest BCUT2D eigenvalue weighted by Crippen LogP contribution is -2.41. The summed E-state index contributed by atoms with van der Waals surface area (Å²) in [5.41, 5.74) is 3.98. The number of carbonyl (C=O) groups excluding carboxylic acids is 1. The van der Waals surface area contributed by atoms with Gasteiger partial charge in [-0.3, -0.25) is 9.59 Å². The van der Waals surface area contributed by atoms with Crippen LogP contribution in [0.1, 0.15) is 57.4 Å². The van der Waals surface area contributed by atoms with E-state index in [1.54, 1.807) is 15.6 Å². The number of amides is 1. The predicted octanol–water partition coefficient (Wildman–Crippen LogP) is 3.70. The molecule has 1 aromatic carbocycles. The average Bonchev–Trinajstić information content (AvgIpc) is 3.54. The molecule has 2 N–H and O–H groups in total. The maximum atomic E-state index is 13.1. The van der Waals surface area contributed by atoms with Gasteiger partial charge in [0.05, 0.1) is 12.0 Å². The van der Waals surface area contributed by atoms with Crippen molar-refractivity contribution in [3.8, 4) is 5.82 Å². The Morgan fingerprint density at radius 2 is 1.92 bits per heavy atom. The van der Waals surface area contributed by atoms with Gasteiger partial charge < -0.3 is 10.6 Å². The van der Waals surface area contributed by atoms with Crippen LogP contribution in [0.2, 0.25) is 0 Å². The minimum atomic E-state index is -0.174. The molecule has 1 saturated carbocycles. The van der Waals surface area contributed by atoms with Crippen molar-refractivity contribution in [1.82, 2.24) is 29.6 Å². The number of rotatable bonds is 4. The van der Waals surface area contributed by atoms with Crippen LogP contribution in [0.3, 0.4) is 0 Å². The van der Waals surface area contributed by atoms with Crippen molar-refractivity contribution in [2.24, 2.45) is 0 Å². The normalized spacial score (nSPS) is 16.2. The van der Waals surface area contributed by atoms with Gasteiger partial charge in [0.1, 0.15) is 5.39 Å². The zero-order valence-electron chi connectivity index (χ0n) is 20.9. The Hall–Kier alpha value is -4.01. The largest absolute Gasteiger partial charge is 0.346 e. The Labute approximate surface area is 208 Å². The molecule has 9 nitrogen and oxygen atoms in total. The van der Waals surface area contributed by atoms with Crippen LogP contribution in [-0.2, 0) is 28.7 Å². The molecule has 0 saturated heterocycles. The highest BCUT2D eigenvalue weighted by Crippen LogP contribution is 2.49. The Kier molecular flexibility index (Phi) is 4.83. The number of nitrogens with zero attached hydrogens (tertiary/aromatic N) is 5. The third-order valence-corrected chi connectivity index (χ3v) is 7.05.